The van der Waals surface area contributed by atoms with Crippen molar-refractivity contribution in [1.82, 2.24) is 24.6 Å². The highest BCUT2D eigenvalue weighted by Crippen LogP contribution is 2.25. The highest BCUT2D eigenvalue weighted by atomic mass is 32.1. The van der Waals surface area contributed by atoms with Gasteiger partial charge in [0, 0.05) is 37.3 Å². The molecule has 3 aromatic rings. The summed E-state index contributed by atoms with van der Waals surface area (Å²) >= 11 is 1.36. The Bertz CT molecular complexity index is 1150. The summed E-state index contributed by atoms with van der Waals surface area (Å²) < 4.78 is 6.83. The topological polar surface area (TPSA) is 97.6 Å². The fraction of sp³-hybridized carbons (Fsp3) is 0.375. The minimum atomic E-state index is -0.312. The van der Waals surface area contributed by atoms with Crippen LogP contribution in [0, 0.1) is 5.92 Å². The minimum absolute atomic E-state index is 0.0400. The molecule has 0 radical (unpaired) electrons. The Morgan fingerprint density at radius 2 is 1.91 bits per heavy atom. The zero-order valence-corrected chi connectivity index (χ0v) is 20.0. The molecule has 0 spiro atoms. The number of esters is 1. The van der Waals surface area contributed by atoms with Crippen LogP contribution in [-0.4, -0.2) is 75.6 Å². The SMILES string of the molecule is CCOC(=O)C1CCN(C(=O)CN(C)C(=O)c2csc(-c3cnn(-c4ccccc4)c3)n2)CC1. The van der Waals surface area contributed by atoms with Crippen molar-refractivity contribution < 1.29 is 19.1 Å². The smallest absolute Gasteiger partial charge is 0.309 e. The molecule has 0 unspecified atom stereocenters. The first-order valence-corrected chi connectivity index (χ1v) is 12.1. The number of para-hydroxylation sites is 1. The van der Waals surface area contributed by atoms with E-state index in [1.54, 1.807) is 35.1 Å². The number of amides is 2. The standard InChI is InChI=1S/C24H27N5O4S/c1-3-33-24(32)17-9-11-28(12-10-17)21(30)15-27(2)23(31)20-16-34-22(26-20)18-13-25-29(14-18)19-7-5-4-6-8-19/h4-8,13-14,16-17H,3,9-12,15H2,1-2H3. The summed E-state index contributed by atoms with van der Waals surface area (Å²) in [5.41, 5.74) is 2.05. The van der Waals surface area contributed by atoms with Gasteiger partial charge in [-0.15, -0.1) is 11.3 Å². The lowest BCUT2D eigenvalue weighted by molar-refractivity contribution is -0.151. The Hall–Kier alpha value is -3.53. The number of likely N-dealkylation sites (N-methyl/N-ethyl adjacent to an activating group) is 1. The molecule has 0 bridgehead atoms. The fourth-order valence-electron chi connectivity index (χ4n) is 3.85. The predicted octanol–water partition coefficient (Wildman–Crippen LogP) is 2.87. The van der Waals surface area contributed by atoms with E-state index < -0.39 is 0 Å². The molecule has 0 atom stereocenters. The summed E-state index contributed by atoms with van der Waals surface area (Å²) in [7, 11) is 1.60. The van der Waals surface area contributed by atoms with Crippen molar-refractivity contribution in [2.24, 2.45) is 5.92 Å². The third-order valence-electron chi connectivity index (χ3n) is 5.76. The van der Waals surface area contributed by atoms with Crippen molar-refractivity contribution in [3.8, 4) is 16.3 Å². The molecule has 1 aliphatic rings. The molecule has 0 saturated carbocycles. The first-order chi connectivity index (χ1) is 16.5. The molecular weight excluding hydrogens is 454 g/mol. The van der Waals surface area contributed by atoms with E-state index in [0.29, 0.717) is 43.2 Å². The Morgan fingerprint density at radius 1 is 1.18 bits per heavy atom. The lowest BCUT2D eigenvalue weighted by Gasteiger charge is -2.32. The van der Waals surface area contributed by atoms with Crippen LogP contribution in [0.4, 0.5) is 0 Å². The zero-order valence-electron chi connectivity index (χ0n) is 19.2. The summed E-state index contributed by atoms with van der Waals surface area (Å²) in [5.74, 6) is -0.816. The van der Waals surface area contributed by atoms with E-state index in [4.69, 9.17) is 4.74 Å². The molecule has 0 N–H and O–H groups in total. The summed E-state index contributed by atoms with van der Waals surface area (Å²) in [6, 6.07) is 9.74. The monoisotopic (exact) mass is 481 g/mol. The van der Waals surface area contributed by atoms with Crippen molar-refractivity contribution in [2.75, 3.05) is 33.3 Å². The first kappa shape index (κ1) is 23.6. The van der Waals surface area contributed by atoms with Crippen LogP contribution in [0.25, 0.3) is 16.3 Å². The Kier molecular flexibility index (Phi) is 7.36. The number of hydrogen-bond acceptors (Lipinski definition) is 7. The number of nitrogens with zero attached hydrogens (tertiary/aromatic N) is 5. The van der Waals surface area contributed by atoms with Crippen molar-refractivity contribution in [3.63, 3.8) is 0 Å². The van der Waals surface area contributed by atoms with Gasteiger partial charge in [-0.1, -0.05) is 18.2 Å². The van der Waals surface area contributed by atoms with Crippen LogP contribution in [0.2, 0.25) is 0 Å². The second-order valence-corrected chi connectivity index (χ2v) is 8.97. The molecule has 2 amide bonds. The van der Waals surface area contributed by atoms with Gasteiger partial charge in [0.05, 0.1) is 31.0 Å². The fourth-order valence-corrected chi connectivity index (χ4v) is 4.62. The van der Waals surface area contributed by atoms with Crippen molar-refractivity contribution in [2.45, 2.75) is 19.8 Å². The van der Waals surface area contributed by atoms with Gasteiger partial charge < -0.3 is 14.5 Å². The Balaban J connectivity index is 1.33. The molecule has 4 rings (SSSR count). The number of likely N-dealkylation sites (tertiary alicyclic amines) is 1. The van der Waals surface area contributed by atoms with Gasteiger partial charge in [0.2, 0.25) is 5.91 Å². The van der Waals surface area contributed by atoms with Gasteiger partial charge in [-0.05, 0) is 31.9 Å². The van der Waals surface area contributed by atoms with E-state index in [9.17, 15) is 14.4 Å². The molecule has 2 aromatic heterocycles. The number of aromatic nitrogens is 3. The van der Waals surface area contributed by atoms with Gasteiger partial charge in [0.1, 0.15) is 10.7 Å². The molecule has 3 heterocycles. The van der Waals surface area contributed by atoms with E-state index in [0.717, 1.165) is 11.3 Å². The van der Waals surface area contributed by atoms with Gasteiger partial charge >= 0.3 is 5.97 Å². The number of hydrogen-bond donors (Lipinski definition) is 0. The highest BCUT2D eigenvalue weighted by molar-refractivity contribution is 7.13. The molecule has 1 aliphatic heterocycles. The van der Waals surface area contributed by atoms with Gasteiger partial charge in [-0.25, -0.2) is 9.67 Å². The van der Waals surface area contributed by atoms with E-state index in [1.165, 1.54) is 16.2 Å². The average Bonchev–Trinajstić information content (AvgIpc) is 3.54. The van der Waals surface area contributed by atoms with Gasteiger partial charge in [0.25, 0.3) is 5.91 Å². The average molecular weight is 482 g/mol. The van der Waals surface area contributed by atoms with Crippen molar-refractivity contribution in [1.29, 1.82) is 0 Å². The highest BCUT2D eigenvalue weighted by Gasteiger charge is 2.29. The number of benzene rings is 1. The third-order valence-corrected chi connectivity index (χ3v) is 6.65. The molecule has 10 heteroatoms. The lowest BCUT2D eigenvalue weighted by atomic mass is 9.97. The lowest BCUT2D eigenvalue weighted by Crippen LogP contribution is -2.45. The molecular formula is C24H27N5O4S. The van der Waals surface area contributed by atoms with Gasteiger partial charge in [-0.2, -0.15) is 5.10 Å². The molecule has 1 aromatic carbocycles. The molecule has 0 aliphatic carbocycles. The number of carbonyl (C=O) groups is 3. The van der Waals surface area contributed by atoms with Crippen LogP contribution in [0.5, 0.6) is 0 Å². The van der Waals surface area contributed by atoms with Crippen LogP contribution >= 0.6 is 11.3 Å². The van der Waals surface area contributed by atoms with Crippen LogP contribution in [0.15, 0.2) is 48.1 Å². The Labute approximate surface area is 202 Å². The molecule has 1 fully saturated rings. The van der Waals surface area contributed by atoms with E-state index in [-0.39, 0.29) is 30.2 Å². The number of ether oxygens (including phenoxy) is 1. The normalized spacial score (nSPS) is 14.1. The second-order valence-electron chi connectivity index (χ2n) is 8.12. The number of thiazole rings is 1. The first-order valence-electron chi connectivity index (χ1n) is 11.2. The van der Waals surface area contributed by atoms with E-state index in [1.807, 2.05) is 36.5 Å². The summed E-state index contributed by atoms with van der Waals surface area (Å²) in [6.45, 7) is 3.07. The predicted molar refractivity (Wildman–Crippen MR) is 128 cm³/mol. The Morgan fingerprint density at radius 3 is 2.62 bits per heavy atom. The molecule has 34 heavy (non-hydrogen) atoms. The van der Waals surface area contributed by atoms with Crippen LogP contribution < -0.4 is 0 Å². The quantitative estimate of drug-likeness (QED) is 0.482. The summed E-state index contributed by atoms with van der Waals surface area (Å²) in [5, 5.41) is 6.76. The van der Waals surface area contributed by atoms with Crippen molar-refractivity contribution >= 4 is 29.1 Å². The molecule has 178 valence electrons. The van der Waals surface area contributed by atoms with Crippen molar-refractivity contribution in [3.05, 3.63) is 53.8 Å². The maximum Gasteiger partial charge on any atom is 0.309 e. The summed E-state index contributed by atoms with van der Waals surface area (Å²) in [6.07, 6.45) is 4.74. The minimum Gasteiger partial charge on any atom is -0.466 e. The maximum atomic E-state index is 12.9. The molecule has 9 nitrogen and oxygen atoms in total. The zero-order chi connectivity index (χ0) is 24.1. The maximum absolute atomic E-state index is 12.9. The van der Waals surface area contributed by atoms with Gasteiger partial charge in [0.15, 0.2) is 0 Å². The van der Waals surface area contributed by atoms with Crippen LogP contribution in [0.1, 0.15) is 30.3 Å². The van der Waals surface area contributed by atoms with E-state index in [2.05, 4.69) is 10.1 Å². The van der Waals surface area contributed by atoms with E-state index >= 15 is 0 Å². The van der Waals surface area contributed by atoms with Crippen LogP contribution in [0.3, 0.4) is 0 Å². The largest absolute Gasteiger partial charge is 0.466 e. The molecule has 1 saturated heterocycles. The summed E-state index contributed by atoms with van der Waals surface area (Å²) in [4.78, 5) is 45.0. The number of rotatable bonds is 7. The second kappa shape index (κ2) is 10.6. The number of piperidine rings is 1. The van der Waals surface area contributed by atoms with Crippen LogP contribution in [-0.2, 0) is 14.3 Å². The van der Waals surface area contributed by atoms with Gasteiger partial charge in [-0.3, -0.25) is 14.4 Å². The third kappa shape index (κ3) is 5.33. The number of carbonyl (C=O) groups excluding carboxylic acids is 3.